The van der Waals surface area contributed by atoms with E-state index in [1.807, 2.05) is 0 Å². The smallest absolute Gasteiger partial charge is 0.216 e. The second-order valence-electron chi connectivity index (χ2n) is 4.86. The number of oxazole rings is 1. The summed E-state index contributed by atoms with van der Waals surface area (Å²) in [7, 11) is -3.50. The Morgan fingerprint density at radius 1 is 1.09 bits per heavy atom. The van der Waals surface area contributed by atoms with Crippen molar-refractivity contribution in [3.63, 3.8) is 0 Å². The zero-order chi connectivity index (χ0) is 15.6. The topological polar surface area (TPSA) is 72.2 Å². The molecule has 1 N–H and O–H groups in total. The average molecular weight is 320 g/mol. The summed E-state index contributed by atoms with van der Waals surface area (Å²) >= 11 is 0. The van der Waals surface area contributed by atoms with E-state index in [0.29, 0.717) is 11.1 Å². The molecule has 7 heteroatoms. The number of halogens is 1. The van der Waals surface area contributed by atoms with Gasteiger partial charge in [0.25, 0.3) is 0 Å². The lowest BCUT2D eigenvalue weighted by atomic mass is 10.2. The largest absolute Gasteiger partial charge is 0.443 e. The third-order valence-corrected chi connectivity index (χ3v) is 4.46. The van der Waals surface area contributed by atoms with Crippen molar-refractivity contribution < 1.29 is 17.2 Å². The molecule has 3 aromatic rings. The number of hydrogen-bond donors (Lipinski definition) is 1. The summed E-state index contributed by atoms with van der Waals surface area (Å²) in [5, 5.41) is 0. The highest BCUT2D eigenvalue weighted by Gasteiger charge is 2.12. The number of aromatic nitrogens is 1. The average Bonchev–Trinajstić information content (AvgIpc) is 2.95. The number of rotatable bonds is 5. The maximum Gasteiger partial charge on any atom is 0.216 e. The molecule has 1 aromatic heterocycles. The highest BCUT2D eigenvalue weighted by atomic mass is 32.2. The Kier molecular flexibility index (Phi) is 3.91. The van der Waals surface area contributed by atoms with Crippen molar-refractivity contribution >= 4 is 21.1 Å². The summed E-state index contributed by atoms with van der Waals surface area (Å²) in [6.45, 7) is 0.153. The van der Waals surface area contributed by atoms with Crippen LogP contribution in [0.2, 0.25) is 0 Å². The maximum atomic E-state index is 12.8. The van der Waals surface area contributed by atoms with Crippen LogP contribution >= 0.6 is 0 Å². The van der Waals surface area contributed by atoms with E-state index >= 15 is 0 Å². The first-order chi connectivity index (χ1) is 10.5. The zero-order valence-electron chi connectivity index (χ0n) is 11.5. The Labute approximate surface area is 126 Å². The fraction of sp³-hybridized carbons (Fsp3) is 0.133. The molecule has 5 nitrogen and oxygen atoms in total. The van der Waals surface area contributed by atoms with Gasteiger partial charge in [-0.05, 0) is 35.4 Å². The van der Waals surface area contributed by atoms with Crippen molar-refractivity contribution in [2.45, 2.75) is 12.3 Å². The number of fused-ring (bicyclic) bond motifs is 1. The summed E-state index contributed by atoms with van der Waals surface area (Å²) in [5.74, 6) is -0.591. The first-order valence-corrected chi connectivity index (χ1v) is 8.21. The summed E-state index contributed by atoms with van der Waals surface area (Å²) in [5.41, 5.74) is 2.62. The molecular formula is C15H13FN2O3S. The first-order valence-electron chi connectivity index (χ1n) is 6.56. The van der Waals surface area contributed by atoms with Gasteiger partial charge >= 0.3 is 0 Å². The summed E-state index contributed by atoms with van der Waals surface area (Å²) in [6, 6.07) is 10.7. The normalized spacial score (nSPS) is 11.9. The molecule has 1 heterocycles. The number of nitrogens with zero attached hydrogens (tertiary/aromatic N) is 1. The van der Waals surface area contributed by atoms with Crippen molar-refractivity contribution in [2.75, 3.05) is 0 Å². The van der Waals surface area contributed by atoms with E-state index in [-0.39, 0.29) is 12.3 Å². The molecule has 0 unspecified atom stereocenters. The standard InChI is InChI=1S/C15H13FN2O3S/c16-13-4-1-11(2-5-13)9-22(19,20)18-8-12-3-6-14-15(7-12)21-10-17-14/h1-7,10,18H,8-9H2. The predicted molar refractivity (Wildman–Crippen MR) is 79.9 cm³/mol. The highest BCUT2D eigenvalue weighted by molar-refractivity contribution is 7.88. The van der Waals surface area contributed by atoms with Gasteiger partial charge < -0.3 is 4.42 Å². The Morgan fingerprint density at radius 2 is 1.82 bits per heavy atom. The van der Waals surface area contributed by atoms with Crippen LogP contribution in [0.15, 0.2) is 53.3 Å². The number of nitrogens with one attached hydrogen (secondary N) is 1. The minimum atomic E-state index is -3.50. The molecule has 114 valence electrons. The predicted octanol–water partition coefficient (Wildman–Crippen LogP) is 2.59. The fourth-order valence-corrected chi connectivity index (χ4v) is 3.17. The van der Waals surface area contributed by atoms with Crippen LogP contribution in [0, 0.1) is 5.82 Å². The van der Waals surface area contributed by atoms with Gasteiger partial charge in [0.1, 0.15) is 11.3 Å². The van der Waals surface area contributed by atoms with E-state index in [2.05, 4.69) is 9.71 Å². The third-order valence-electron chi connectivity index (χ3n) is 3.16. The van der Waals surface area contributed by atoms with Crippen LogP contribution in [0.5, 0.6) is 0 Å². The van der Waals surface area contributed by atoms with Crippen molar-refractivity contribution in [3.05, 3.63) is 65.8 Å². The van der Waals surface area contributed by atoms with E-state index in [1.54, 1.807) is 18.2 Å². The molecule has 0 aliphatic heterocycles. The third kappa shape index (κ3) is 3.49. The van der Waals surface area contributed by atoms with Gasteiger partial charge in [0, 0.05) is 6.54 Å². The molecule has 0 amide bonds. The highest BCUT2D eigenvalue weighted by Crippen LogP contribution is 2.14. The molecule has 2 aromatic carbocycles. The molecular weight excluding hydrogens is 307 g/mol. The Balaban J connectivity index is 1.67. The molecule has 22 heavy (non-hydrogen) atoms. The van der Waals surface area contributed by atoms with Gasteiger partial charge in [-0.2, -0.15) is 0 Å². The van der Waals surface area contributed by atoms with Gasteiger partial charge in [-0.3, -0.25) is 0 Å². The van der Waals surface area contributed by atoms with E-state index in [4.69, 9.17) is 4.42 Å². The fourth-order valence-electron chi connectivity index (χ4n) is 2.05. The molecule has 0 radical (unpaired) electrons. The zero-order valence-corrected chi connectivity index (χ0v) is 12.3. The lowest BCUT2D eigenvalue weighted by Gasteiger charge is -2.07. The van der Waals surface area contributed by atoms with Gasteiger partial charge in [-0.1, -0.05) is 18.2 Å². The summed E-state index contributed by atoms with van der Waals surface area (Å²) < 4.78 is 44.6. The van der Waals surface area contributed by atoms with Crippen LogP contribution in [0.4, 0.5) is 4.39 Å². The molecule has 0 bridgehead atoms. The van der Waals surface area contributed by atoms with Crippen molar-refractivity contribution in [1.29, 1.82) is 0 Å². The first kappa shape index (κ1) is 14.7. The summed E-state index contributed by atoms with van der Waals surface area (Å²) in [4.78, 5) is 4.00. The van der Waals surface area contributed by atoms with Crippen LogP contribution < -0.4 is 4.72 Å². The Hall–Kier alpha value is -2.25. The maximum absolute atomic E-state index is 12.8. The number of benzene rings is 2. The van der Waals surface area contributed by atoms with Crippen molar-refractivity contribution in [2.24, 2.45) is 0 Å². The van der Waals surface area contributed by atoms with E-state index in [1.165, 1.54) is 30.7 Å². The van der Waals surface area contributed by atoms with E-state index in [0.717, 1.165) is 11.1 Å². The molecule has 0 saturated heterocycles. The minimum Gasteiger partial charge on any atom is -0.443 e. The molecule has 0 aliphatic carbocycles. The van der Waals surface area contributed by atoms with Crippen LogP contribution in [-0.2, 0) is 22.3 Å². The monoisotopic (exact) mass is 320 g/mol. The van der Waals surface area contributed by atoms with Gasteiger partial charge in [0.2, 0.25) is 10.0 Å². The number of sulfonamides is 1. The van der Waals surface area contributed by atoms with Crippen LogP contribution in [0.25, 0.3) is 11.1 Å². The Bertz CT molecular complexity index is 889. The van der Waals surface area contributed by atoms with E-state index < -0.39 is 15.8 Å². The van der Waals surface area contributed by atoms with Crippen LogP contribution in [0.1, 0.15) is 11.1 Å². The lowest BCUT2D eigenvalue weighted by molar-refractivity contribution is 0.579. The van der Waals surface area contributed by atoms with Crippen molar-refractivity contribution in [3.8, 4) is 0 Å². The molecule has 0 fully saturated rings. The second kappa shape index (κ2) is 5.86. The van der Waals surface area contributed by atoms with E-state index in [9.17, 15) is 12.8 Å². The SMILES string of the molecule is O=S(=O)(Cc1ccc(F)cc1)NCc1ccc2ncoc2c1. The van der Waals surface area contributed by atoms with Crippen molar-refractivity contribution in [1.82, 2.24) is 9.71 Å². The molecule has 0 spiro atoms. The Morgan fingerprint density at radius 3 is 2.59 bits per heavy atom. The van der Waals surface area contributed by atoms with Crippen LogP contribution in [0.3, 0.4) is 0 Å². The quantitative estimate of drug-likeness (QED) is 0.784. The van der Waals surface area contributed by atoms with Gasteiger partial charge in [0.05, 0.1) is 5.75 Å². The van der Waals surface area contributed by atoms with Gasteiger partial charge in [-0.15, -0.1) is 0 Å². The van der Waals surface area contributed by atoms with Gasteiger partial charge in [-0.25, -0.2) is 22.5 Å². The molecule has 3 rings (SSSR count). The second-order valence-corrected chi connectivity index (χ2v) is 6.67. The summed E-state index contributed by atoms with van der Waals surface area (Å²) in [6.07, 6.45) is 1.34. The van der Waals surface area contributed by atoms with Crippen LogP contribution in [-0.4, -0.2) is 13.4 Å². The minimum absolute atomic E-state index is 0.153. The van der Waals surface area contributed by atoms with Gasteiger partial charge in [0.15, 0.2) is 12.0 Å². The molecule has 0 aliphatic rings. The molecule has 0 atom stereocenters. The lowest BCUT2D eigenvalue weighted by Crippen LogP contribution is -2.24. The molecule has 0 saturated carbocycles. The number of hydrogen-bond acceptors (Lipinski definition) is 4.